The van der Waals surface area contributed by atoms with Crippen molar-refractivity contribution in [2.24, 2.45) is 22.9 Å². The van der Waals surface area contributed by atoms with Crippen LogP contribution in [0, 0.1) is 13.8 Å². The van der Waals surface area contributed by atoms with Gasteiger partial charge in [-0.05, 0) is 122 Å². The second kappa shape index (κ2) is 51.7. The Labute approximate surface area is 785 Å². The average molecular weight is 1950 g/mol. The summed E-state index contributed by atoms with van der Waals surface area (Å²) in [6, 6.07) is 51.5. The summed E-state index contributed by atoms with van der Waals surface area (Å²) in [5.74, 6) is -0.769. The van der Waals surface area contributed by atoms with Crippen molar-refractivity contribution in [2.45, 2.75) is 13.8 Å². The van der Waals surface area contributed by atoms with Gasteiger partial charge in [-0.3, -0.25) is 53.5 Å². The summed E-state index contributed by atoms with van der Waals surface area (Å²) in [5, 5.41) is 9.69. The molecule has 0 aliphatic carbocycles. The number of hydrogen-bond acceptors (Lipinski definition) is 20. The maximum absolute atomic E-state index is 12.4. The zero-order valence-corrected chi connectivity index (χ0v) is 79.2. The molecule has 0 bridgehead atoms. The lowest BCUT2D eigenvalue weighted by Crippen LogP contribution is -2.49. The van der Waals surface area contributed by atoms with Crippen LogP contribution in [0.3, 0.4) is 0 Å². The average Bonchev–Trinajstić information content (AvgIpc) is 1.64. The topological polar surface area (TPSA) is 227 Å². The van der Waals surface area contributed by atoms with Gasteiger partial charge in [0.25, 0.3) is 23.6 Å². The molecular weight excluding hydrogens is 1830 g/mol. The van der Waals surface area contributed by atoms with Gasteiger partial charge in [-0.25, -0.2) is 0 Å². The summed E-state index contributed by atoms with van der Waals surface area (Å²) in [4.78, 5) is 76.6. The Morgan fingerprint density at radius 3 is 0.902 bits per heavy atom. The molecular formula is C90H115BrCl10N18O4. The number of benzene rings is 8. The van der Waals surface area contributed by atoms with Crippen molar-refractivity contribution in [1.82, 2.24) is 39.6 Å². The first-order chi connectivity index (χ1) is 59.1. The van der Waals surface area contributed by atoms with E-state index in [9.17, 15) is 19.2 Å². The minimum absolute atomic E-state index is 0. The predicted octanol–water partition coefficient (Wildman–Crippen LogP) is 14.9. The first kappa shape index (κ1) is 101. The zero-order valence-electron chi connectivity index (χ0n) is 70.0. The highest BCUT2D eigenvalue weighted by Crippen LogP contribution is 2.38. The maximum atomic E-state index is 12.4. The molecule has 8 heterocycles. The number of nitrogens with one attached hydrogen (secondary N) is 1. The number of piperazine rings is 6. The van der Waals surface area contributed by atoms with Crippen molar-refractivity contribution in [3.05, 3.63) is 242 Å². The van der Waals surface area contributed by atoms with Crippen LogP contribution < -0.4 is 57.7 Å². The molecule has 0 radical (unpaired) electrons. The van der Waals surface area contributed by atoms with Gasteiger partial charge in [-0.15, -0.1) is 12.4 Å². The molecule has 0 atom stereocenters. The highest BCUT2D eigenvalue weighted by Gasteiger charge is 2.37. The van der Waals surface area contributed by atoms with E-state index in [1.54, 1.807) is 54.6 Å². The van der Waals surface area contributed by atoms with Crippen LogP contribution in [0.4, 0.5) is 34.1 Å². The van der Waals surface area contributed by atoms with Crippen molar-refractivity contribution < 1.29 is 19.2 Å². The van der Waals surface area contributed by atoms with Crippen molar-refractivity contribution in [1.29, 1.82) is 0 Å². The van der Waals surface area contributed by atoms with E-state index in [0.717, 1.165) is 237 Å². The molecule has 0 unspecified atom stereocenters. The van der Waals surface area contributed by atoms with E-state index in [4.69, 9.17) is 127 Å². The number of halogens is 11. The molecule has 8 aliphatic rings. The molecule has 0 aromatic heterocycles. The fourth-order valence-corrected chi connectivity index (χ4v) is 17.8. The van der Waals surface area contributed by atoms with Crippen LogP contribution in [0.25, 0.3) is 0 Å². The van der Waals surface area contributed by atoms with E-state index in [1.165, 1.54) is 32.3 Å². The van der Waals surface area contributed by atoms with Crippen LogP contribution >= 0.6 is 133 Å². The smallest absolute Gasteiger partial charge is 0.261 e. The molecule has 4 amide bonds. The number of carbonyl (C=O) groups excluding carboxylic acids is 4. The normalized spacial score (nSPS) is 17.0. The standard InChI is InChI=1S/C20H19Cl2N3O2.C14H23N3.2C12H17Cl2N3.C12H18ClN3.C10H8BrNO2.C10H12Cl2N2.ClH/c21-16-6-3-7-17(18(16)22)24-11-8-23(9-12-24)10-13-25-19(26)14-4-1-2-5-15(14)20(25)27;1-12-4-3-5-14(13(12)2)17-10-8-16(7-6-15)9-11-17;2*13-10-2-1-3-11(12(10)14)17-8-6-16(5-4-15)7-9-17;13-11-2-1-3-12(10-11)16-8-6-15(5-4-14)7-9-16;11-5-6-12-9(13)7-3-1-2-4-8(7)10(12)14;11-8-2-1-3-9(10(8)12)14-6-4-13-5-7-14;/h1-7H,8-13H2;3-5H,6-11,15H2,1-2H3;2*1-3H,4-9,15H2;1-3,10H,4-9,14H2;1-4H,5-6H2;1-3,13H,4-7H2;1H. The number of aryl methyl sites for hydroxylation is 1. The number of imide groups is 2. The minimum Gasteiger partial charge on any atom is -0.369 e. The quantitative estimate of drug-likeness (QED) is 0.0375. The van der Waals surface area contributed by atoms with Crippen LogP contribution in [-0.2, 0) is 0 Å². The Morgan fingerprint density at radius 1 is 0.309 bits per heavy atom. The van der Waals surface area contributed by atoms with Crippen LogP contribution in [0.5, 0.6) is 0 Å². The lowest BCUT2D eigenvalue weighted by molar-refractivity contribution is 0.0628. The largest absolute Gasteiger partial charge is 0.369 e. The van der Waals surface area contributed by atoms with E-state index < -0.39 is 0 Å². The van der Waals surface area contributed by atoms with Crippen molar-refractivity contribution in [2.75, 3.05) is 264 Å². The van der Waals surface area contributed by atoms with Gasteiger partial charge in [-0.2, -0.15) is 0 Å². The van der Waals surface area contributed by atoms with Gasteiger partial charge < -0.3 is 57.7 Å². The van der Waals surface area contributed by atoms with Gasteiger partial charge in [0, 0.05) is 251 Å². The van der Waals surface area contributed by atoms with Gasteiger partial charge >= 0.3 is 0 Å². The molecule has 9 N–H and O–H groups in total. The molecule has 123 heavy (non-hydrogen) atoms. The van der Waals surface area contributed by atoms with Gasteiger partial charge in [-0.1, -0.05) is 187 Å². The van der Waals surface area contributed by atoms with Crippen molar-refractivity contribution in [3.8, 4) is 0 Å². The van der Waals surface area contributed by atoms with E-state index in [0.29, 0.717) is 87.4 Å². The molecule has 8 aromatic rings. The second-order valence-electron chi connectivity index (χ2n) is 30.3. The van der Waals surface area contributed by atoms with E-state index in [2.05, 4.69) is 113 Å². The molecule has 0 saturated carbocycles. The Kier molecular flexibility index (Phi) is 42.3. The van der Waals surface area contributed by atoms with E-state index in [1.807, 2.05) is 84.9 Å². The molecule has 6 fully saturated rings. The molecule has 6 saturated heterocycles. The summed E-state index contributed by atoms with van der Waals surface area (Å²) in [5.41, 5.74) is 33.8. The molecule has 666 valence electrons. The number of rotatable bonds is 19. The fraction of sp³-hybridized carbons (Fsp3) is 0.422. The van der Waals surface area contributed by atoms with Crippen molar-refractivity contribution >= 4 is 190 Å². The molecule has 22 nitrogen and oxygen atoms in total. The summed E-state index contributed by atoms with van der Waals surface area (Å²) in [6.45, 7) is 36.9. The van der Waals surface area contributed by atoms with Crippen LogP contribution in [-0.4, -0.2) is 292 Å². The van der Waals surface area contributed by atoms with Crippen molar-refractivity contribution in [3.63, 3.8) is 0 Å². The molecule has 0 spiro atoms. The Bertz CT molecular complexity index is 4430. The number of carbonyl (C=O) groups is 4. The number of amides is 4. The van der Waals surface area contributed by atoms with Gasteiger partial charge in [0.1, 0.15) is 0 Å². The summed E-state index contributed by atoms with van der Waals surface area (Å²) >= 11 is 58.2. The maximum Gasteiger partial charge on any atom is 0.261 e. The first-order valence-electron chi connectivity index (χ1n) is 41.7. The highest BCUT2D eigenvalue weighted by molar-refractivity contribution is 9.09. The fourth-order valence-electron chi connectivity index (χ4n) is 15.6. The number of fused-ring (bicyclic) bond motifs is 2. The first-order valence-corrected chi connectivity index (χ1v) is 46.3. The minimum atomic E-state index is -0.194. The number of nitrogens with zero attached hydrogens (tertiary/aromatic N) is 13. The van der Waals surface area contributed by atoms with Gasteiger partial charge in [0.2, 0.25) is 0 Å². The molecule has 33 heteroatoms. The SMILES string of the molecule is Cc1cccc(N2CCN(CCN)CC2)c1C.Cl.Clc1cccc(N2CCNCC2)c1Cl.NCCN1CCN(c2cccc(Cl)c2)CC1.NCCN1CCN(c2cccc(Cl)c2Cl)CC1.NCCN1CCN(c2cccc(Cl)c2Cl)CC1.O=C1c2ccccc2C(=O)N1CCBr.O=C1c2ccccc2C(=O)N1CCN1CCN(c2cccc(Cl)c2Cl)CC1. The predicted molar refractivity (Wildman–Crippen MR) is 522 cm³/mol. The molecule has 16 rings (SSSR count). The van der Waals surface area contributed by atoms with Crippen LogP contribution in [0.2, 0.25) is 45.2 Å². The van der Waals surface area contributed by atoms with E-state index >= 15 is 0 Å². The van der Waals surface area contributed by atoms with Crippen LogP contribution in [0.15, 0.2) is 164 Å². The summed E-state index contributed by atoms with van der Waals surface area (Å²) in [7, 11) is 0. The van der Waals surface area contributed by atoms with E-state index in [-0.39, 0.29) is 36.0 Å². The number of hydrogen-bond donors (Lipinski definition) is 5. The highest BCUT2D eigenvalue weighted by atomic mass is 79.9. The van der Waals surface area contributed by atoms with Crippen LogP contribution in [0.1, 0.15) is 52.6 Å². The molecule has 8 aliphatic heterocycles. The monoisotopic (exact) mass is 1940 g/mol. The Balaban J connectivity index is 0.000000165. The summed E-state index contributed by atoms with van der Waals surface area (Å²) in [6.07, 6.45) is 0. The Hall–Kier alpha value is -6.18. The molecule has 8 aromatic carbocycles. The number of anilines is 6. The lowest BCUT2D eigenvalue weighted by Gasteiger charge is -2.37. The lowest BCUT2D eigenvalue weighted by atomic mass is 10.1. The third-order valence-electron chi connectivity index (χ3n) is 22.6. The third kappa shape index (κ3) is 28.4. The van der Waals surface area contributed by atoms with Gasteiger partial charge in [0.15, 0.2) is 0 Å². The zero-order chi connectivity index (χ0) is 87.2. The Morgan fingerprint density at radius 2 is 0.585 bits per heavy atom. The number of alkyl halides is 1. The second-order valence-corrected chi connectivity index (χ2v) is 34.7. The number of nitrogens with two attached hydrogens (primary N) is 4. The summed E-state index contributed by atoms with van der Waals surface area (Å²) < 4.78 is 0. The third-order valence-corrected chi connectivity index (χ3v) is 26.5. The van der Waals surface area contributed by atoms with Gasteiger partial charge in [0.05, 0.1) is 85.2 Å².